The normalized spacial score (nSPS) is 11.3. The summed E-state index contributed by atoms with van der Waals surface area (Å²) in [6, 6.07) is 7.99. The maximum atomic E-state index is 12.5. The fourth-order valence-electron chi connectivity index (χ4n) is 2.91. The van der Waals surface area contributed by atoms with Crippen LogP contribution < -0.4 is 0 Å². The van der Waals surface area contributed by atoms with Gasteiger partial charge in [0.15, 0.2) is 10.6 Å². The van der Waals surface area contributed by atoms with Crippen LogP contribution in [-0.4, -0.2) is 50.7 Å². The van der Waals surface area contributed by atoms with E-state index < -0.39 is 5.60 Å². The van der Waals surface area contributed by atoms with Crippen molar-refractivity contribution in [3.8, 4) is 11.4 Å². The molecule has 1 N–H and O–H groups in total. The predicted molar refractivity (Wildman–Crippen MR) is 115 cm³/mol. The summed E-state index contributed by atoms with van der Waals surface area (Å²) in [5.41, 5.74) is 1.59. The van der Waals surface area contributed by atoms with Crippen molar-refractivity contribution in [1.29, 1.82) is 0 Å². The number of carbonyl (C=O) groups excluding carboxylic acids is 2. The Morgan fingerprint density at radius 2 is 2.00 bits per heavy atom. The largest absolute Gasteiger partial charge is 0.460 e. The number of aromatic nitrogens is 3. The second-order valence-corrected chi connectivity index (χ2v) is 8.52. The van der Waals surface area contributed by atoms with Crippen LogP contribution in [0.25, 0.3) is 11.4 Å². The molecule has 0 radical (unpaired) electrons. The average Bonchev–Trinajstić information content (AvgIpc) is 2.98. The van der Waals surface area contributed by atoms with Crippen LogP contribution in [0.4, 0.5) is 0 Å². The van der Waals surface area contributed by atoms with Crippen molar-refractivity contribution in [1.82, 2.24) is 19.7 Å². The Hall–Kier alpha value is -2.48. The van der Waals surface area contributed by atoms with Gasteiger partial charge in [0.2, 0.25) is 5.91 Å². The molecule has 29 heavy (non-hydrogen) atoms. The Bertz CT molecular complexity index is 911. The molecule has 8 heteroatoms. The molecule has 2 aromatic rings. The number of carbonyl (C=O) groups is 2. The molecule has 0 aliphatic carbocycles. The Labute approximate surface area is 177 Å². The Morgan fingerprint density at radius 1 is 1.28 bits per heavy atom. The highest BCUT2D eigenvalue weighted by molar-refractivity contribution is 7.71. The molecule has 158 valence electrons. The second kappa shape index (κ2) is 9.82. The maximum Gasteiger partial charge on any atom is 0.306 e. The fourth-order valence-corrected chi connectivity index (χ4v) is 3.13. The van der Waals surface area contributed by atoms with Crippen molar-refractivity contribution >= 4 is 24.1 Å². The molecule has 1 aromatic heterocycles. The number of benzene rings is 1. The molecular formula is C21H30N4O3S. The third-order valence-electron chi connectivity index (χ3n) is 4.30. The lowest BCUT2D eigenvalue weighted by molar-refractivity contribution is -0.155. The van der Waals surface area contributed by atoms with E-state index in [0.29, 0.717) is 37.1 Å². The number of rotatable bonds is 8. The van der Waals surface area contributed by atoms with Gasteiger partial charge < -0.3 is 9.64 Å². The summed E-state index contributed by atoms with van der Waals surface area (Å²) in [6.07, 6.45) is 1.16. The number of hydrogen-bond acceptors (Lipinski definition) is 5. The lowest BCUT2D eigenvalue weighted by Crippen LogP contribution is -2.29. The van der Waals surface area contributed by atoms with Gasteiger partial charge in [-0.1, -0.05) is 23.8 Å². The van der Waals surface area contributed by atoms with E-state index in [9.17, 15) is 9.59 Å². The minimum atomic E-state index is -0.489. The van der Waals surface area contributed by atoms with E-state index in [4.69, 9.17) is 17.0 Å². The highest BCUT2D eigenvalue weighted by Gasteiger charge is 2.17. The van der Waals surface area contributed by atoms with Crippen LogP contribution in [0.1, 0.15) is 45.6 Å². The van der Waals surface area contributed by atoms with Crippen molar-refractivity contribution in [2.75, 3.05) is 13.6 Å². The molecular weight excluding hydrogens is 388 g/mol. The lowest BCUT2D eigenvalue weighted by atomic mass is 10.1. The molecule has 0 aliphatic rings. The second-order valence-electron chi connectivity index (χ2n) is 8.13. The third-order valence-corrected chi connectivity index (χ3v) is 4.62. The fraction of sp³-hybridized carbons (Fsp3) is 0.524. The molecule has 0 spiro atoms. The molecule has 1 amide bonds. The number of H-pyrrole nitrogens is 1. The summed E-state index contributed by atoms with van der Waals surface area (Å²) < 4.78 is 7.62. The molecule has 0 saturated carbocycles. The molecule has 0 aliphatic heterocycles. The summed E-state index contributed by atoms with van der Waals surface area (Å²) >= 11 is 5.33. The van der Waals surface area contributed by atoms with Crippen molar-refractivity contribution < 1.29 is 14.3 Å². The average molecular weight is 419 g/mol. The molecule has 0 fully saturated rings. The number of esters is 1. The van der Waals surface area contributed by atoms with Gasteiger partial charge in [-0.05, 0) is 52.4 Å². The van der Waals surface area contributed by atoms with Crippen LogP contribution >= 0.6 is 12.2 Å². The van der Waals surface area contributed by atoms with E-state index in [1.54, 1.807) is 11.9 Å². The zero-order chi connectivity index (χ0) is 21.6. The Kier molecular flexibility index (Phi) is 7.73. The smallest absolute Gasteiger partial charge is 0.306 e. The molecule has 0 unspecified atom stereocenters. The van der Waals surface area contributed by atoms with Crippen molar-refractivity contribution in [3.63, 3.8) is 0 Å². The number of aryl methyl sites for hydroxylation is 1. The van der Waals surface area contributed by atoms with Crippen molar-refractivity contribution in [2.24, 2.45) is 0 Å². The van der Waals surface area contributed by atoms with Gasteiger partial charge in [0, 0.05) is 38.5 Å². The summed E-state index contributed by atoms with van der Waals surface area (Å²) in [7, 11) is 1.74. The van der Waals surface area contributed by atoms with Crippen LogP contribution in [0.2, 0.25) is 0 Å². The number of ether oxygens (including phenoxy) is 1. The molecule has 0 saturated heterocycles. The quantitative estimate of drug-likeness (QED) is 0.520. The first-order valence-electron chi connectivity index (χ1n) is 9.75. The molecule has 1 aromatic carbocycles. The van der Waals surface area contributed by atoms with Gasteiger partial charge in [0.25, 0.3) is 0 Å². The van der Waals surface area contributed by atoms with Gasteiger partial charge in [0.05, 0.1) is 0 Å². The predicted octanol–water partition coefficient (Wildman–Crippen LogP) is 3.89. The van der Waals surface area contributed by atoms with E-state index in [0.717, 1.165) is 17.0 Å². The van der Waals surface area contributed by atoms with Crippen LogP contribution in [0.15, 0.2) is 24.3 Å². The van der Waals surface area contributed by atoms with E-state index in [1.165, 1.54) is 0 Å². The van der Waals surface area contributed by atoms with Gasteiger partial charge >= 0.3 is 5.97 Å². The highest BCUT2D eigenvalue weighted by Crippen LogP contribution is 2.19. The van der Waals surface area contributed by atoms with Gasteiger partial charge in [0.1, 0.15) is 5.60 Å². The summed E-state index contributed by atoms with van der Waals surface area (Å²) in [5, 5.41) is 7.13. The number of hydrogen-bond donors (Lipinski definition) is 1. The van der Waals surface area contributed by atoms with Gasteiger partial charge in [-0.3, -0.25) is 19.3 Å². The number of nitrogens with one attached hydrogen (secondary N) is 1. The summed E-state index contributed by atoms with van der Waals surface area (Å²) in [6.45, 7) is 8.48. The lowest BCUT2D eigenvalue weighted by Gasteiger charge is -2.20. The third kappa shape index (κ3) is 7.12. The van der Waals surface area contributed by atoms with Crippen molar-refractivity contribution in [2.45, 2.75) is 59.1 Å². The van der Waals surface area contributed by atoms with E-state index in [1.807, 2.05) is 56.5 Å². The van der Waals surface area contributed by atoms with Gasteiger partial charge in [-0.15, -0.1) is 0 Å². The summed E-state index contributed by atoms with van der Waals surface area (Å²) in [4.78, 5) is 25.9. The molecule has 0 bridgehead atoms. The minimum Gasteiger partial charge on any atom is -0.460 e. The first kappa shape index (κ1) is 22.8. The van der Waals surface area contributed by atoms with Crippen LogP contribution in [0.5, 0.6) is 0 Å². The monoisotopic (exact) mass is 418 g/mol. The SMILES string of the molecule is Cc1cccc(-c2n[nH]c(=S)n2CCC(=O)N(C)CCCC(=O)OC(C)(C)C)c1. The van der Waals surface area contributed by atoms with E-state index >= 15 is 0 Å². The van der Waals surface area contributed by atoms with Gasteiger partial charge in [-0.2, -0.15) is 5.10 Å². The van der Waals surface area contributed by atoms with Crippen LogP contribution in [0.3, 0.4) is 0 Å². The standard InChI is InChI=1S/C21H30N4O3S/c1-15-8-6-9-16(14-15)19-22-23-20(29)25(19)13-11-17(26)24(5)12-7-10-18(27)28-21(2,3)4/h6,8-9,14H,7,10-13H2,1-5H3,(H,23,29). The van der Waals surface area contributed by atoms with Gasteiger partial charge in [-0.25, -0.2) is 0 Å². The number of amides is 1. The summed E-state index contributed by atoms with van der Waals surface area (Å²) in [5.74, 6) is 0.470. The Balaban J connectivity index is 1.89. The van der Waals surface area contributed by atoms with Crippen LogP contribution in [-0.2, 0) is 20.9 Å². The topological polar surface area (TPSA) is 80.2 Å². The zero-order valence-electron chi connectivity index (χ0n) is 17.8. The minimum absolute atomic E-state index is 0.00696. The Morgan fingerprint density at radius 3 is 2.66 bits per heavy atom. The number of aromatic amines is 1. The molecule has 7 nitrogen and oxygen atoms in total. The molecule has 1 heterocycles. The first-order valence-corrected chi connectivity index (χ1v) is 10.2. The van der Waals surface area contributed by atoms with Crippen molar-refractivity contribution in [3.05, 3.63) is 34.6 Å². The zero-order valence-corrected chi connectivity index (χ0v) is 18.6. The highest BCUT2D eigenvalue weighted by atomic mass is 32.1. The molecule has 0 atom stereocenters. The number of nitrogens with zero attached hydrogens (tertiary/aromatic N) is 3. The van der Waals surface area contributed by atoms with E-state index in [-0.39, 0.29) is 11.9 Å². The van der Waals surface area contributed by atoms with Crippen LogP contribution in [0, 0.1) is 11.7 Å². The maximum absolute atomic E-state index is 12.5. The molecule has 2 rings (SSSR count). The van der Waals surface area contributed by atoms with E-state index in [2.05, 4.69) is 10.2 Å². The first-order chi connectivity index (χ1) is 13.6.